The van der Waals surface area contributed by atoms with Gasteiger partial charge in [0.25, 0.3) is 0 Å². The molecule has 1 aliphatic heterocycles. The predicted molar refractivity (Wildman–Crippen MR) is 93.8 cm³/mol. The molecule has 2 aromatic carbocycles. The molecule has 0 aromatic heterocycles. The van der Waals surface area contributed by atoms with Crippen molar-refractivity contribution in [1.82, 2.24) is 0 Å². The van der Waals surface area contributed by atoms with Crippen molar-refractivity contribution in [3.05, 3.63) is 59.2 Å². The molecule has 0 spiro atoms. The van der Waals surface area contributed by atoms with Gasteiger partial charge in [-0.2, -0.15) is 0 Å². The minimum Gasteiger partial charge on any atom is -0.497 e. The molecule has 4 heteroatoms. The SMILES string of the molecule is COc1ccc(C(O)c2ccc(OC)c3c2OC(C)(C)C=C3)cc1. The number of rotatable bonds is 4. The highest BCUT2D eigenvalue weighted by Gasteiger charge is 2.28. The van der Waals surface area contributed by atoms with E-state index in [1.165, 1.54) is 0 Å². The number of aliphatic hydroxyl groups excluding tert-OH is 1. The second-order valence-electron chi connectivity index (χ2n) is 6.31. The van der Waals surface area contributed by atoms with Gasteiger partial charge in [0.2, 0.25) is 0 Å². The van der Waals surface area contributed by atoms with Crippen LogP contribution in [0.5, 0.6) is 17.2 Å². The summed E-state index contributed by atoms with van der Waals surface area (Å²) in [5, 5.41) is 10.9. The van der Waals surface area contributed by atoms with Gasteiger partial charge in [-0.15, -0.1) is 0 Å². The third kappa shape index (κ3) is 2.97. The average molecular weight is 326 g/mol. The Balaban J connectivity index is 2.06. The summed E-state index contributed by atoms with van der Waals surface area (Å²) in [5.41, 5.74) is 1.91. The number of methoxy groups -OCH3 is 2. The molecule has 1 N–H and O–H groups in total. The summed E-state index contributed by atoms with van der Waals surface area (Å²) in [4.78, 5) is 0. The van der Waals surface area contributed by atoms with Crippen molar-refractivity contribution in [2.24, 2.45) is 0 Å². The minimum absolute atomic E-state index is 0.437. The van der Waals surface area contributed by atoms with Crippen molar-refractivity contribution in [2.75, 3.05) is 14.2 Å². The normalized spacial score (nSPS) is 16.0. The van der Waals surface area contributed by atoms with Crippen LogP contribution in [0.4, 0.5) is 0 Å². The van der Waals surface area contributed by atoms with E-state index in [0.717, 1.165) is 22.6 Å². The van der Waals surface area contributed by atoms with Crippen LogP contribution in [0.1, 0.15) is 36.6 Å². The number of hydrogen-bond acceptors (Lipinski definition) is 4. The van der Waals surface area contributed by atoms with Crippen LogP contribution in [0, 0.1) is 0 Å². The van der Waals surface area contributed by atoms with E-state index in [-0.39, 0.29) is 0 Å². The molecular weight excluding hydrogens is 304 g/mol. The first kappa shape index (κ1) is 16.4. The molecule has 0 radical (unpaired) electrons. The first-order valence-electron chi connectivity index (χ1n) is 7.86. The van der Waals surface area contributed by atoms with E-state index in [1.54, 1.807) is 14.2 Å². The van der Waals surface area contributed by atoms with Crippen molar-refractivity contribution >= 4 is 6.08 Å². The predicted octanol–water partition coefficient (Wildman–Crippen LogP) is 3.97. The van der Waals surface area contributed by atoms with Gasteiger partial charge in [-0.05, 0) is 55.8 Å². The molecule has 1 unspecified atom stereocenters. The summed E-state index contributed by atoms with van der Waals surface area (Å²) in [6.45, 7) is 3.96. The van der Waals surface area contributed by atoms with Gasteiger partial charge in [-0.25, -0.2) is 0 Å². The van der Waals surface area contributed by atoms with Crippen molar-refractivity contribution < 1.29 is 19.3 Å². The maximum atomic E-state index is 10.9. The zero-order chi connectivity index (χ0) is 17.3. The van der Waals surface area contributed by atoms with Gasteiger partial charge in [-0.3, -0.25) is 0 Å². The van der Waals surface area contributed by atoms with Gasteiger partial charge < -0.3 is 19.3 Å². The summed E-state index contributed by atoms with van der Waals surface area (Å²) in [6.07, 6.45) is 3.18. The van der Waals surface area contributed by atoms with Crippen LogP contribution in [-0.2, 0) is 0 Å². The number of hydrogen-bond donors (Lipinski definition) is 1. The van der Waals surface area contributed by atoms with Crippen molar-refractivity contribution in [3.63, 3.8) is 0 Å². The third-order valence-electron chi connectivity index (χ3n) is 4.15. The van der Waals surface area contributed by atoms with Crippen molar-refractivity contribution in [1.29, 1.82) is 0 Å². The Labute approximate surface area is 142 Å². The highest BCUT2D eigenvalue weighted by Crippen LogP contribution is 2.43. The van der Waals surface area contributed by atoms with Crippen LogP contribution in [0.2, 0.25) is 0 Å². The van der Waals surface area contributed by atoms with Gasteiger partial charge in [0.1, 0.15) is 29.0 Å². The van der Waals surface area contributed by atoms with E-state index >= 15 is 0 Å². The molecule has 0 saturated carbocycles. The lowest BCUT2D eigenvalue weighted by Gasteiger charge is -2.31. The number of aliphatic hydroxyl groups is 1. The van der Waals surface area contributed by atoms with E-state index < -0.39 is 11.7 Å². The van der Waals surface area contributed by atoms with Gasteiger partial charge in [-0.1, -0.05) is 12.1 Å². The van der Waals surface area contributed by atoms with Gasteiger partial charge in [0, 0.05) is 5.56 Å². The van der Waals surface area contributed by atoms with Crippen molar-refractivity contribution in [3.8, 4) is 17.2 Å². The lowest BCUT2D eigenvalue weighted by atomic mass is 9.94. The standard InChI is InChI=1S/C20H22O4/c1-20(2)12-11-15-17(23-4)10-9-16(19(15)24-20)18(21)13-5-7-14(22-3)8-6-13/h5-12,18,21H,1-4H3. The highest BCUT2D eigenvalue weighted by molar-refractivity contribution is 5.70. The number of fused-ring (bicyclic) bond motifs is 1. The first-order chi connectivity index (χ1) is 11.4. The molecule has 1 heterocycles. The van der Waals surface area contributed by atoms with E-state index in [9.17, 15) is 5.11 Å². The Morgan fingerprint density at radius 2 is 1.71 bits per heavy atom. The average Bonchev–Trinajstić information content (AvgIpc) is 2.59. The van der Waals surface area contributed by atoms with E-state index in [1.807, 2.05) is 62.4 Å². The highest BCUT2D eigenvalue weighted by atomic mass is 16.5. The lowest BCUT2D eigenvalue weighted by Crippen LogP contribution is -2.28. The fourth-order valence-corrected chi connectivity index (χ4v) is 2.81. The molecule has 2 aromatic rings. The summed E-state index contributed by atoms with van der Waals surface area (Å²) in [5.74, 6) is 2.13. The van der Waals surface area contributed by atoms with Gasteiger partial charge >= 0.3 is 0 Å². The Kier molecular flexibility index (Phi) is 4.24. The molecule has 0 aliphatic carbocycles. The Bertz CT molecular complexity index is 760. The minimum atomic E-state index is -0.794. The molecule has 1 atom stereocenters. The summed E-state index contributed by atoms with van der Waals surface area (Å²) in [7, 11) is 3.25. The fraction of sp³-hybridized carbons (Fsp3) is 0.300. The summed E-state index contributed by atoms with van der Waals surface area (Å²) < 4.78 is 16.7. The largest absolute Gasteiger partial charge is 0.497 e. The monoisotopic (exact) mass is 326 g/mol. The fourth-order valence-electron chi connectivity index (χ4n) is 2.81. The number of ether oxygens (including phenoxy) is 3. The molecule has 3 rings (SSSR count). The van der Waals surface area contributed by atoms with Crippen LogP contribution in [-0.4, -0.2) is 24.9 Å². The van der Waals surface area contributed by atoms with E-state index in [2.05, 4.69) is 0 Å². The zero-order valence-corrected chi connectivity index (χ0v) is 14.4. The summed E-state index contributed by atoms with van der Waals surface area (Å²) in [6, 6.07) is 11.1. The first-order valence-corrected chi connectivity index (χ1v) is 7.86. The second kappa shape index (κ2) is 6.21. The van der Waals surface area contributed by atoms with Crippen LogP contribution < -0.4 is 14.2 Å². The van der Waals surface area contributed by atoms with Crippen LogP contribution in [0.25, 0.3) is 6.08 Å². The quantitative estimate of drug-likeness (QED) is 0.923. The Hall–Kier alpha value is -2.46. The molecular formula is C20H22O4. The molecule has 0 fully saturated rings. The van der Waals surface area contributed by atoms with E-state index in [0.29, 0.717) is 11.3 Å². The molecule has 4 nitrogen and oxygen atoms in total. The molecule has 1 aliphatic rings. The molecule has 24 heavy (non-hydrogen) atoms. The Morgan fingerprint density at radius 3 is 2.33 bits per heavy atom. The topological polar surface area (TPSA) is 47.9 Å². The molecule has 0 amide bonds. The van der Waals surface area contributed by atoms with Gasteiger partial charge in [0.05, 0.1) is 19.8 Å². The Morgan fingerprint density at radius 1 is 1.00 bits per heavy atom. The zero-order valence-electron chi connectivity index (χ0n) is 14.4. The maximum Gasteiger partial charge on any atom is 0.137 e. The lowest BCUT2D eigenvalue weighted by molar-refractivity contribution is 0.146. The number of benzene rings is 2. The van der Waals surface area contributed by atoms with Crippen molar-refractivity contribution in [2.45, 2.75) is 25.6 Å². The smallest absolute Gasteiger partial charge is 0.137 e. The van der Waals surface area contributed by atoms with Crippen LogP contribution in [0.3, 0.4) is 0 Å². The van der Waals surface area contributed by atoms with Gasteiger partial charge in [0.15, 0.2) is 0 Å². The van der Waals surface area contributed by atoms with Crippen LogP contribution in [0.15, 0.2) is 42.5 Å². The van der Waals surface area contributed by atoms with E-state index in [4.69, 9.17) is 14.2 Å². The third-order valence-corrected chi connectivity index (χ3v) is 4.15. The molecule has 0 saturated heterocycles. The maximum absolute atomic E-state index is 10.9. The molecule has 0 bridgehead atoms. The molecule has 126 valence electrons. The second-order valence-corrected chi connectivity index (χ2v) is 6.31. The summed E-state index contributed by atoms with van der Waals surface area (Å²) >= 11 is 0. The van der Waals surface area contributed by atoms with Crippen LogP contribution >= 0.6 is 0 Å².